The zero-order valence-corrected chi connectivity index (χ0v) is 9.09. The Morgan fingerprint density at radius 3 is 2.76 bits per heavy atom. The van der Waals surface area contributed by atoms with Crippen LogP contribution in [0.4, 0.5) is 5.69 Å². The van der Waals surface area contributed by atoms with Crippen molar-refractivity contribution in [2.45, 2.75) is 6.42 Å². The molecule has 0 spiro atoms. The summed E-state index contributed by atoms with van der Waals surface area (Å²) in [6.07, 6.45) is 0.120. The average molecular weight is 229 g/mol. The van der Waals surface area contributed by atoms with E-state index in [9.17, 15) is 9.59 Å². The lowest BCUT2D eigenvalue weighted by molar-refractivity contribution is -0.123. The quantitative estimate of drug-likeness (QED) is 0.796. The molecule has 5 heteroatoms. The molecule has 1 heterocycles. The molecule has 1 aromatic carbocycles. The zero-order valence-electron chi connectivity index (χ0n) is 9.09. The van der Waals surface area contributed by atoms with E-state index in [4.69, 9.17) is 11.0 Å². The topological polar surface area (TPSA) is 87.2 Å². The molecule has 0 saturated carbocycles. The van der Waals surface area contributed by atoms with Crippen molar-refractivity contribution in [2.24, 2.45) is 11.7 Å². The van der Waals surface area contributed by atoms with Crippen LogP contribution in [0.25, 0.3) is 0 Å². The van der Waals surface area contributed by atoms with E-state index in [0.29, 0.717) is 11.3 Å². The van der Waals surface area contributed by atoms with Gasteiger partial charge < -0.3 is 10.6 Å². The maximum atomic E-state index is 11.8. The molecule has 1 unspecified atom stereocenters. The molecule has 5 nitrogen and oxygen atoms in total. The minimum Gasteiger partial charge on any atom is -0.369 e. The fraction of sp³-hybridized carbons (Fsp3) is 0.250. The van der Waals surface area contributed by atoms with Gasteiger partial charge in [0.05, 0.1) is 17.2 Å². The summed E-state index contributed by atoms with van der Waals surface area (Å²) in [5.74, 6) is -1.11. The Morgan fingerprint density at radius 2 is 2.18 bits per heavy atom. The van der Waals surface area contributed by atoms with E-state index >= 15 is 0 Å². The first kappa shape index (κ1) is 11.1. The number of primary amides is 1. The van der Waals surface area contributed by atoms with Crippen LogP contribution in [0.15, 0.2) is 24.3 Å². The van der Waals surface area contributed by atoms with Gasteiger partial charge in [-0.2, -0.15) is 5.26 Å². The number of rotatable bonds is 2. The Balaban J connectivity index is 2.33. The largest absolute Gasteiger partial charge is 0.369 e. The lowest BCUT2D eigenvalue weighted by Crippen LogP contribution is -2.28. The third kappa shape index (κ3) is 1.97. The van der Waals surface area contributed by atoms with Crippen LogP contribution in [0.3, 0.4) is 0 Å². The van der Waals surface area contributed by atoms with Gasteiger partial charge >= 0.3 is 0 Å². The van der Waals surface area contributed by atoms with E-state index < -0.39 is 11.8 Å². The molecule has 2 amide bonds. The smallest absolute Gasteiger partial charge is 0.227 e. The van der Waals surface area contributed by atoms with E-state index in [1.54, 1.807) is 24.3 Å². The molecule has 2 N–H and O–H groups in total. The molecule has 0 bridgehead atoms. The predicted molar refractivity (Wildman–Crippen MR) is 60.8 cm³/mol. The van der Waals surface area contributed by atoms with Crippen LogP contribution >= 0.6 is 0 Å². The number of para-hydroxylation sites is 1. The second-order valence-corrected chi connectivity index (χ2v) is 3.94. The summed E-state index contributed by atoms with van der Waals surface area (Å²) < 4.78 is 0. The highest BCUT2D eigenvalue weighted by molar-refractivity contribution is 6.00. The van der Waals surface area contributed by atoms with Crippen LogP contribution in [0, 0.1) is 17.2 Å². The van der Waals surface area contributed by atoms with E-state index in [1.165, 1.54) is 4.90 Å². The highest BCUT2D eigenvalue weighted by Gasteiger charge is 2.34. The summed E-state index contributed by atoms with van der Waals surface area (Å²) >= 11 is 0. The van der Waals surface area contributed by atoms with Crippen LogP contribution in [0.2, 0.25) is 0 Å². The van der Waals surface area contributed by atoms with Crippen LogP contribution in [0.5, 0.6) is 0 Å². The number of carbonyl (C=O) groups excluding carboxylic acids is 2. The Labute approximate surface area is 98.4 Å². The first-order valence-electron chi connectivity index (χ1n) is 5.22. The number of carbonyl (C=O) groups is 2. The number of anilines is 1. The van der Waals surface area contributed by atoms with Crippen LogP contribution in [0.1, 0.15) is 12.0 Å². The Bertz CT molecular complexity index is 519. The molecule has 1 aliphatic rings. The number of hydrogen-bond donors (Lipinski definition) is 1. The lowest BCUT2D eigenvalue weighted by atomic mass is 10.1. The molecular formula is C12H11N3O2. The van der Waals surface area contributed by atoms with Crippen molar-refractivity contribution >= 4 is 17.5 Å². The van der Waals surface area contributed by atoms with Crippen LogP contribution in [-0.2, 0) is 9.59 Å². The van der Waals surface area contributed by atoms with Gasteiger partial charge in [0.2, 0.25) is 11.8 Å². The van der Waals surface area contributed by atoms with Gasteiger partial charge in [0.25, 0.3) is 0 Å². The van der Waals surface area contributed by atoms with Gasteiger partial charge in [-0.3, -0.25) is 9.59 Å². The van der Waals surface area contributed by atoms with Gasteiger partial charge in [-0.1, -0.05) is 12.1 Å². The Morgan fingerprint density at radius 1 is 1.47 bits per heavy atom. The van der Waals surface area contributed by atoms with Crippen molar-refractivity contribution in [2.75, 3.05) is 11.4 Å². The maximum Gasteiger partial charge on any atom is 0.227 e. The number of nitrogens with zero attached hydrogens (tertiary/aromatic N) is 2. The second-order valence-electron chi connectivity index (χ2n) is 3.94. The molecule has 1 fully saturated rings. The average Bonchev–Trinajstić information content (AvgIpc) is 2.71. The summed E-state index contributed by atoms with van der Waals surface area (Å²) in [6.45, 7) is 0.257. The van der Waals surface area contributed by atoms with Crippen molar-refractivity contribution in [1.29, 1.82) is 5.26 Å². The molecule has 0 aliphatic carbocycles. The summed E-state index contributed by atoms with van der Waals surface area (Å²) in [5.41, 5.74) is 6.16. The third-order valence-corrected chi connectivity index (χ3v) is 2.84. The van der Waals surface area contributed by atoms with Gasteiger partial charge in [0.15, 0.2) is 0 Å². The van der Waals surface area contributed by atoms with Gasteiger partial charge in [-0.05, 0) is 12.1 Å². The van der Waals surface area contributed by atoms with Crippen molar-refractivity contribution in [3.63, 3.8) is 0 Å². The number of nitrogens with two attached hydrogens (primary N) is 1. The highest BCUT2D eigenvalue weighted by atomic mass is 16.2. The number of nitriles is 1. The second kappa shape index (κ2) is 4.26. The predicted octanol–water partition coefficient (Wildman–Crippen LogP) is 0.396. The standard InChI is InChI=1S/C12H11N3O2/c13-6-8-3-1-2-4-10(8)15-7-9(12(14)17)5-11(15)16/h1-4,9H,5,7H2,(H2,14,17). The molecular weight excluding hydrogens is 218 g/mol. The highest BCUT2D eigenvalue weighted by Crippen LogP contribution is 2.27. The summed E-state index contributed by atoms with van der Waals surface area (Å²) in [4.78, 5) is 24.3. The van der Waals surface area contributed by atoms with Gasteiger partial charge in [0.1, 0.15) is 6.07 Å². The fourth-order valence-electron chi connectivity index (χ4n) is 1.93. The molecule has 1 saturated heterocycles. The summed E-state index contributed by atoms with van der Waals surface area (Å²) in [6, 6.07) is 8.84. The third-order valence-electron chi connectivity index (χ3n) is 2.84. The Hall–Kier alpha value is -2.35. The normalized spacial score (nSPS) is 19.1. The zero-order chi connectivity index (χ0) is 12.4. The summed E-state index contributed by atoms with van der Waals surface area (Å²) in [5, 5.41) is 8.96. The lowest BCUT2D eigenvalue weighted by Gasteiger charge is -2.17. The molecule has 1 aliphatic heterocycles. The van der Waals surface area contributed by atoms with E-state index in [0.717, 1.165) is 0 Å². The molecule has 1 atom stereocenters. The number of benzene rings is 1. The minimum atomic E-state index is -0.477. The van der Waals surface area contributed by atoms with Gasteiger partial charge in [-0.15, -0.1) is 0 Å². The summed E-state index contributed by atoms with van der Waals surface area (Å²) in [7, 11) is 0. The minimum absolute atomic E-state index is 0.120. The van der Waals surface area contributed by atoms with Crippen molar-refractivity contribution < 1.29 is 9.59 Å². The van der Waals surface area contributed by atoms with E-state index in [2.05, 4.69) is 0 Å². The SMILES string of the molecule is N#Cc1ccccc1N1CC(C(N)=O)CC1=O. The van der Waals surface area contributed by atoms with Crippen LogP contribution < -0.4 is 10.6 Å². The van der Waals surface area contributed by atoms with Crippen molar-refractivity contribution in [1.82, 2.24) is 0 Å². The fourth-order valence-corrected chi connectivity index (χ4v) is 1.93. The first-order chi connectivity index (χ1) is 8.13. The first-order valence-corrected chi connectivity index (χ1v) is 5.22. The number of hydrogen-bond acceptors (Lipinski definition) is 3. The van der Waals surface area contributed by atoms with Crippen LogP contribution in [-0.4, -0.2) is 18.4 Å². The molecule has 86 valence electrons. The number of amides is 2. The molecule has 17 heavy (non-hydrogen) atoms. The molecule has 0 aromatic heterocycles. The molecule has 0 radical (unpaired) electrons. The molecule has 1 aromatic rings. The van der Waals surface area contributed by atoms with Crippen molar-refractivity contribution in [3.05, 3.63) is 29.8 Å². The van der Waals surface area contributed by atoms with E-state index in [1.807, 2.05) is 6.07 Å². The van der Waals surface area contributed by atoms with Crippen molar-refractivity contribution in [3.8, 4) is 6.07 Å². The van der Waals surface area contributed by atoms with Gasteiger partial charge in [0, 0.05) is 13.0 Å². The van der Waals surface area contributed by atoms with Gasteiger partial charge in [-0.25, -0.2) is 0 Å². The Kier molecular flexibility index (Phi) is 2.79. The monoisotopic (exact) mass is 229 g/mol. The maximum absolute atomic E-state index is 11.8. The van der Waals surface area contributed by atoms with E-state index in [-0.39, 0.29) is 18.9 Å². The molecule has 2 rings (SSSR count).